The van der Waals surface area contributed by atoms with Gasteiger partial charge in [-0.05, 0) is 43.0 Å². The minimum Gasteiger partial charge on any atom is -0.497 e. The summed E-state index contributed by atoms with van der Waals surface area (Å²) in [5.74, 6) is 1.54. The van der Waals surface area contributed by atoms with Crippen LogP contribution in [0.25, 0.3) is 11.4 Å². The summed E-state index contributed by atoms with van der Waals surface area (Å²) >= 11 is 0. The number of methoxy groups -OCH3 is 2. The van der Waals surface area contributed by atoms with Gasteiger partial charge in [-0.25, -0.2) is 4.39 Å². The molecule has 0 aliphatic carbocycles. The van der Waals surface area contributed by atoms with E-state index in [9.17, 15) is 9.18 Å². The van der Waals surface area contributed by atoms with E-state index in [1.54, 1.807) is 50.6 Å². The molecular weight excluding hydrogens is 401 g/mol. The molecule has 4 rings (SSSR count). The lowest BCUT2D eigenvalue weighted by Gasteiger charge is -2.32. The number of amides is 1. The van der Waals surface area contributed by atoms with Gasteiger partial charge < -0.3 is 18.9 Å². The van der Waals surface area contributed by atoms with E-state index in [-0.39, 0.29) is 17.6 Å². The van der Waals surface area contributed by atoms with E-state index in [0.29, 0.717) is 48.0 Å². The number of rotatable bonds is 6. The van der Waals surface area contributed by atoms with Crippen LogP contribution in [-0.4, -0.2) is 48.3 Å². The van der Waals surface area contributed by atoms with Gasteiger partial charge in [0.1, 0.15) is 17.3 Å². The zero-order chi connectivity index (χ0) is 21.8. The highest BCUT2D eigenvalue weighted by atomic mass is 19.1. The SMILES string of the molecule is COc1cc(OC)cc(C(=O)N2CCCC(Cc3nc(-c4ccccc4F)no3)C2)c1. The zero-order valence-electron chi connectivity index (χ0n) is 17.5. The molecule has 8 heteroatoms. The third-order valence-electron chi connectivity index (χ3n) is 5.45. The second kappa shape index (κ2) is 9.16. The number of piperidine rings is 1. The Kier molecular flexibility index (Phi) is 6.16. The highest BCUT2D eigenvalue weighted by molar-refractivity contribution is 5.95. The van der Waals surface area contributed by atoms with Crippen molar-refractivity contribution >= 4 is 5.91 Å². The minimum atomic E-state index is -0.391. The van der Waals surface area contributed by atoms with Crippen LogP contribution in [0.1, 0.15) is 29.1 Å². The molecule has 1 atom stereocenters. The smallest absolute Gasteiger partial charge is 0.254 e. The highest BCUT2D eigenvalue weighted by Crippen LogP contribution is 2.27. The van der Waals surface area contributed by atoms with Gasteiger partial charge in [0.15, 0.2) is 0 Å². The van der Waals surface area contributed by atoms with Gasteiger partial charge in [0.25, 0.3) is 5.91 Å². The van der Waals surface area contributed by atoms with Crippen LogP contribution in [0.5, 0.6) is 11.5 Å². The molecule has 1 saturated heterocycles. The van der Waals surface area contributed by atoms with Crippen LogP contribution >= 0.6 is 0 Å². The van der Waals surface area contributed by atoms with Gasteiger partial charge in [0, 0.05) is 31.1 Å². The van der Waals surface area contributed by atoms with Crippen molar-refractivity contribution in [2.45, 2.75) is 19.3 Å². The topological polar surface area (TPSA) is 77.7 Å². The summed E-state index contributed by atoms with van der Waals surface area (Å²) in [5.41, 5.74) is 0.835. The van der Waals surface area contributed by atoms with E-state index in [2.05, 4.69) is 10.1 Å². The van der Waals surface area contributed by atoms with E-state index < -0.39 is 5.82 Å². The average Bonchev–Trinajstić information content (AvgIpc) is 3.26. The van der Waals surface area contributed by atoms with Crippen LogP contribution in [0.2, 0.25) is 0 Å². The molecule has 7 nitrogen and oxygen atoms in total. The van der Waals surface area contributed by atoms with Crippen molar-refractivity contribution in [3.05, 3.63) is 59.7 Å². The number of benzene rings is 2. The molecule has 1 aliphatic rings. The Balaban J connectivity index is 1.45. The summed E-state index contributed by atoms with van der Waals surface area (Å²) in [7, 11) is 3.11. The quantitative estimate of drug-likeness (QED) is 0.594. The molecule has 0 bridgehead atoms. The van der Waals surface area contributed by atoms with Crippen molar-refractivity contribution in [3.8, 4) is 22.9 Å². The maximum absolute atomic E-state index is 14.0. The normalized spacial score (nSPS) is 16.2. The standard InChI is InChI=1S/C23H24FN3O4/c1-29-17-11-16(12-18(13-17)30-2)23(28)27-9-5-6-15(14-27)10-21-25-22(26-31-21)19-7-3-4-8-20(19)24/h3-4,7-8,11-13,15H,5-6,9-10,14H2,1-2H3. The molecule has 162 valence electrons. The van der Waals surface area contributed by atoms with E-state index in [1.807, 2.05) is 4.90 Å². The van der Waals surface area contributed by atoms with Gasteiger partial charge in [-0.2, -0.15) is 4.98 Å². The first-order valence-corrected chi connectivity index (χ1v) is 10.2. The van der Waals surface area contributed by atoms with Crippen molar-refractivity contribution in [3.63, 3.8) is 0 Å². The lowest BCUT2D eigenvalue weighted by atomic mass is 9.94. The molecule has 1 aromatic heterocycles. The number of carbonyl (C=O) groups excluding carboxylic acids is 1. The van der Waals surface area contributed by atoms with Crippen LogP contribution in [0.15, 0.2) is 47.0 Å². The molecular formula is C23H24FN3O4. The largest absolute Gasteiger partial charge is 0.497 e. The van der Waals surface area contributed by atoms with Gasteiger partial charge in [-0.3, -0.25) is 4.79 Å². The first-order chi connectivity index (χ1) is 15.1. The van der Waals surface area contributed by atoms with Crippen LogP contribution in [0.4, 0.5) is 4.39 Å². The van der Waals surface area contributed by atoms with Gasteiger partial charge in [0.05, 0.1) is 19.8 Å². The molecule has 2 aromatic carbocycles. The Bertz CT molecular complexity index is 1050. The van der Waals surface area contributed by atoms with E-state index in [1.165, 1.54) is 6.07 Å². The molecule has 1 aliphatic heterocycles. The zero-order valence-corrected chi connectivity index (χ0v) is 17.5. The summed E-state index contributed by atoms with van der Waals surface area (Å²) in [6.07, 6.45) is 2.36. The van der Waals surface area contributed by atoms with Gasteiger partial charge in [0.2, 0.25) is 11.7 Å². The molecule has 2 heterocycles. The molecule has 1 amide bonds. The summed E-state index contributed by atoms with van der Waals surface area (Å²) in [6.45, 7) is 1.26. The van der Waals surface area contributed by atoms with E-state index >= 15 is 0 Å². The maximum Gasteiger partial charge on any atom is 0.254 e. The number of carbonyl (C=O) groups is 1. The monoisotopic (exact) mass is 425 g/mol. The average molecular weight is 425 g/mol. The molecule has 31 heavy (non-hydrogen) atoms. The van der Waals surface area contributed by atoms with Crippen LogP contribution in [0, 0.1) is 11.7 Å². The van der Waals surface area contributed by atoms with Crippen molar-refractivity contribution < 1.29 is 23.2 Å². The summed E-state index contributed by atoms with van der Waals surface area (Å²) in [4.78, 5) is 19.3. The number of halogens is 1. The number of likely N-dealkylation sites (tertiary alicyclic amines) is 1. The molecule has 1 fully saturated rings. The lowest BCUT2D eigenvalue weighted by Crippen LogP contribution is -2.40. The molecule has 3 aromatic rings. The Labute approximate surface area is 179 Å². The van der Waals surface area contributed by atoms with Gasteiger partial charge >= 0.3 is 0 Å². The fraction of sp³-hybridized carbons (Fsp3) is 0.348. The lowest BCUT2D eigenvalue weighted by molar-refractivity contribution is 0.0667. The summed E-state index contributed by atoms with van der Waals surface area (Å²) in [6, 6.07) is 11.5. The van der Waals surface area contributed by atoms with Gasteiger partial charge in [-0.1, -0.05) is 17.3 Å². The molecule has 0 radical (unpaired) electrons. The second-order valence-corrected chi connectivity index (χ2v) is 7.56. The Morgan fingerprint density at radius 2 is 1.94 bits per heavy atom. The summed E-state index contributed by atoms with van der Waals surface area (Å²) < 4.78 is 29.9. The number of ether oxygens (including phenoxy) is 2. The highest BCUT2D eigenvalue weighted by Gasteiger charge is 2.27. The van der Waals surface area contributed by atoms with E-state index in [0.717, 1.165) is 12.8 Å². The number of aromatic nitrogens is 2. The Morgan fingerprint density at radius 1 is 1.19 bits per heavy atom. The molecule has 0 saturated carbocycles. The van der Waals surface area contributed by atoms with E-state index in [4.69, 9.17) is 14.0 Å². The van der Waals surface area contributed by atoms with Crippen molar-refractivity contribution in [2.75, 3.05) is 27.3 Å². The van der Waals surface area contributed by atoms with Crippen molar-refractivity contribution in [2.24, 2.45) is 5.92 Å². The molecule has 0 spiro atoms. The van der Waals surface area contributed by atoms with Crippen molar-refractivity contribution in [1.82, 2.24) is 15.0 Å². The molecule has 1 unspecified atom stereocenters. The minimum absolute atomic E-state index is 0.0699. The van der Waals surface area contributed by atoms with Crippen molar-refractivity contribution in [1.29, 1.82) is 0 Å². The first kappa shape index (κ1) is 20.8. The predicted molar refractivity (Wildman–Crippen MR) is 112 cm³/mol. The van der Waals surface area contributed by atoms with Crippen LogP contribution in [-0.2, 0) is 6.42 Å². The predicted octanol–water partition coefficient (Wildman–Crippen LogP) is 3.99. The number of hydrogen-bond acceptors (Lipinski definition) is 6. The van der Waals surface area contributed by atoms with Crippen LogP contribution in [0.3, 0.4) is 0 Å². The number of nitrogens with zero attached hydrogens (tertiary/aromatic N) is 3. The Hall–Kier alpha value is -3.42. The fourth-order valence-corrected chi connectivity index (χ4v) is 3.87. The van der Waals surface area contributed by atoms with Crippen LogP contribution < -0.4 is 9.47 Å². The fourth-order valence-electron chi connectivity index (χ4n) is 3.87. The second-order valence-electron chi connectivity index (χ2n) is 7.56. The maximum atomic E-state index is 14.0. The van der Waals surface area contributed by atoms with Gasteiger partial charge in [-0.15, -0.1) is 0 Å². The Morgan fingerprint density at radius 3 is 2.65 bits per heavy atom. The summed E-state index contributed by atoms with van der Waals surface area (Å²) in [5, 5.41) is 3.92. The number of hydrogen-bond donors (Lipinski definition) is 0. The first-order valence-electron chi connectivity index (χ1n) is 10.2. The third kappa shape index (κ3) is 4.68. The third-order valence-corrected chi connectivity index (χ3v) is 5.45. The molecule has 0 N–H and O–H groups in total.